The van der Waals surface area contributed by atoms with Crippen LogP contribution < -0.4 is 4.72 Å². The number of aliphatic hydroxyl groups excluding tert-OH is 1. The van der Waals surface area contributed by atoms with Gasteiger partial charge in [0.15, 0.2) is 6.29 Å². The minimum Gasteiger partial charge on any atom is -0.392 e. The molecule has 2 N–H and O–H groups in total. The van der Waals surface area contributed by atoms with Crippen molar-refractivity contribution in [2.45, 2.75) is 36.4 Å². The molecule has 1 aliphatic heterocycles. The second kappa shape index (κ2) is 11.8. The van der Waals surface area contributed by atoms with Crippen molar-refractivity contribution >= 4 is 15.7 Å². The summed E-state index contributed by atoms with van der Waals surface area (Å²) in [5, 5.41) is 9.39. The number of ether oxygens (including phenoxy) is 2. The number of sulfonamides is 1. The fraction of sp³-hybridized carbons (Fsp3) is 0.286. The molecule has 1 saturated heterocycles. The van der Waals surface area contributed by atoms with Gasteiger partial charge in [-0.05, 0) is 42.4 Å². The van der Waals surface area contributed by atoms with E-state index >= 15 is 0 Å². The molecule has 36 heavy (non-hydrogen) atoms. The highest BCUT2D eigenvalue weighted by Gasteiger charge is 2.33. The van der Waals surface area contributed by atoms with Crippen LogP contribution in [0.25, 0.3) is 0 Å². The number of rotatable bonds is 10. The maximum atomic E-state index is 12.8. The molecule has 3 aromatic rings. The summed E-state index contributed by atoms with van der Waals surface area (Å²) in [5.74, 6) is 0. The van der Waals surface area contributed by atoms with Gasteiger partial charge in [-0.1, -0.05) is 60.7 Å². The normalized spacial score (nSPS) is 20.2. The SMILES string of the molecule is C=CCN(C)C[C@@H]1C[C@H](c2ccc(CO)cc2)O[C@H](c2cccc(NS(=O)(=O)c3ccccc3)c2)O1. The third kappa shape index (κ3) is 6.60. The smallest absolute Gasteiger partial charge is 0.261 e. The van der Waals surface area contributed by atoms with Gasteiger partial charge in [0, 0.05) is 30.8 Å². The number of aliphatic hydroxyl groups is 1. The van der Waals surface area contributed by atoms with Crippen LogP contribution in [-0.4, -0.2) is 44.7 Å². The molecule has 7 nitrogen and oxygen atoms in total. The van der Waals surface area contributed by atoms with Gasteiger partial charge in [0.25, 0.3) is 10.0 Å². The first-order valence-electron chi connectivity index (χ1n) is 11.9. The number of hydrogen-bond acceptors (Lipinski definition) is 6. The highest BCUT2D eigenvalue weighted by Crippen LogP contribution is 2.38. The van der Waals surface area contributed by atoms with Crippen LogP contribution in [0.3, 0.4) is 0 Å². The third-order valence-electron chi connectivity index (χ3n) is 6.04. The Balaban J connectivity index is 1.57. The third-order valence-corrected chi connectivity index (χ3v) is 7.43. The van der Waals surface area contributed by atoms with Crippen molar-refractivity contribution in [1.29, 1.82) is 0 Å². The van der Waals surface area contributed by atoms with Crippen LogP contribution in [0.1, 0.15) is 35.5 Å². The minimum absolute atomic E-state index is 0.0157. The Morgan fingerprint density at radius 1 is 1.03 bits per heavy atom. The van der Waals surface area contributed by atoms with Gasteiger partial charge < -0.3 is 19.5 Å². The highest BCUT2D eigenvalue weighted by molar-refractivity contribution is 7.92. The minimum atomic E-state index is -3.72. The first-order valence-corrected chi connectivity index (χ1v) is 13.3. The van der Waals surface area contributed by atoms with Crippen LogP contribution >= 0.6 is 0 Å². The fourth-order valence-electron chi connectivity index (χ4n) is 4.24. The second-order valence-corrected chi connectivity index (χ2v) is 10.6. The summed E-state index contributed by atoms with van der Waals surface area (Å²) in [7, 11) is -1.71. The molecule has 0 amide bonds. The van der Waals surface area contributed by atoms with Gasteiger partial charge in [-0.25, -0.2) is 8.42 Å². The monoisotopic (exact) mass is 508 g/mol. The van der Waals surface area contributed by atoms with Crippen molar-refractivity contribution in [2.24, 2.45) is 0 Å². The van der Waals surface area contributed by atoms with Crippen LogP contribution in [0.5, 0.6) is 0 Å². The molecule has 190 valence electrons. The van der Waals surface area contributed by atoms with Crippen molar-refractivity contribution in [1.82, 2.24) is 4.90 Å². The largest absolute Gasteiger partial charge is 0.392 e. The number of hydrogen-bond donors (Lipinski definition) is 2. The van der Waals surface area contributed by atoms with Gasteiger partial charge in [0.2, 0.25) is 0 Å². The number of nitrogens with one attached hydrogen (secondary N) is 1. The van der Waals surface area contributed by atoms with Gasteiger partial charge in [-0.2, -0.15) is 0 Å². The molecular weight excluding hydrogens is 476 g/mol. The van der Waals surface area contributed by atoms with E-state index in [9.17, 15) is 13.5 Å². The maximum Gasteiger partial charge on any atom is 0.261 e. The molecule has 0 spiro atoms. The zero-order valence-corrected chi connectivity index (χ0v) is 21.1. The molecule has 8 heteroatoms. The Morgan fingerprint density at radius 3 is 2.47 bits per heavy atom. The van der Waals surface area contributed by atoms with Crippen LogP contribution in [-0.2, 0) is 26.1 Å². The molecule has 0 bridgehead atoms. The van der Waals surface area contributed by atoms with Crippen molar-refractivity contribution in [3.63, 3.8) is 0 Å². The van der Waals surface area contributed by atoms with E-state index in [1.54, 1.807) is 48.5 Å². The summed E-state index contributed by atoms with van der Waals surface area (Å²) in [4.78, 5) is 2.33. The molecule has 3 atom stereocenters. The molecule has 4 rings (SSSR count). The number of likely N-dealkylation sites (N-methyl/N-ethyl adjacent to an activating group) is 1. The predicted molar refractivity (Wildman–Crippen MR) is 140 cm³/mol. The van der Waals surface area contributed by atoms with Gasteiger partial charge >= 0.3 is 0 Å². The average Bonchev–Trinajstić information content (AvgIpc) is 2.89. The Hall–Kier alpha value is -3.01. The first-order chi connectivity index (χ1) is 17.4. The Kier molecular flexibility index (Phi) is 8.56. The summed E-state index contributed by atoms with van der Waals surface area (Å²) in [6.07, 6.45) is 1.51. The summed E-state index contributed by atoms with van der Waals surface area (Å²) in [5.41, 5.74) is 2.98. The zero-order chi connectivity index (χ0) is 25.5. The summed E-state index contributed by atoms with van der Waals surface area (Å²) >= 11 is 0. The highest BCUT2D eigenvalue weighted by atomic mass is 32.2. The lowest BCUT2D eigenvalue weighted by Gasteiger charge is -2.37. The maximum absolute atomic E-state index is 12.8. The van der Waals surface area contributed by atoms with Gasteiger partial charge in [0.05, 0.1) is 23.7 Å². The quantitative estimate of drug-likeness (QED) is 0.388. The molecule has 0 saturated carbocycles. The van der Waals surface area contributed by atoms with E-state index in [1.165, 1.54) is 0 Å². The number of nitrogens with zero attached hydrogens (tertiary/aromatic N) is 1. The van der Waals surface area contributed by atoms with Crippen LogP contribution in [0.2, 0.25) is 0 Å². The second-order valence-electron chi connectivity index (χ2n) is 8.90. The van der Waals surface area contributed by atoms with E-state index in [1.807, 2.05) is 43.5 Å². The standard InChI is InChI=1S/C28H32N2O5S/c1-3-16-30(2)19-25-18-27(22-14-12-21(20-31)13-15-22)35-28(34-25)23-8-7-9-24(17-23)29-36(32,33)26-10-5-4-6-11-26/h3-15,17,25,27-29,31H,1,16,18-20H2,2H3/t25-,27+,28+/m0/s1. The van der Waals surface area contributed by atoms with E-state index in [2.05, 4.69) is 16.2 Å². The molecule has 1 fully saturated rings. The first kappa shape index (κ1) is 26.1. The predicted octanol–water partition coefficient (Wildman–Crippen LogP) is 4.64. The van der Waals surface area contributed by atoms with Crippen molar-refractivity contribution in [2.75, 3.05) is 24.9 Å². The topological polar surface area (TPSA) is 88.1 Å². The van der Waals surface area contributed by atoms with Gasteiger partial charge in [-0.15, -0.1) is 6.58 Å². The molecule has 3 aromatic carbocycles. The molecule has 0 radical (unpaired) electrons. The Bertz CT molecular complexity index is 1250. The molecule has 1 heterocycles. The van der Waals surface area contributed by atoms with E-state index < -0.39 is 16.3 Å². The van der Waals surface area contributed by atoms with Crippen LogP contribution in [0, 0.1) is 0 Å². The van der Waals surface area contributed by atoms with Gasteiger partial charge in [0.1, 0.15) is 0 Å². The van der Waals surface area contributed by atoms with Crippen LogP contribution in [0.15, 0.2) is 96.4 Å². The van der Waals surface area contributed by atoms with Gasteiger partial charge in [-0.3, -0.25) is 4.72 Å². The molecular formula is C28H32N2O5S. The van der Waals surface area contributed by atoms with Crippen molar-refractivity contribution < 1.29 is 23.0 Å². The van der Waals surface area contributed by atoms with Crippen molar-refractivity contribution in [3.05, 3.63) is 108 Å². The molecule has 1 aliphatic rings. The van der Waals surface area contributed by atoms with Crippen LogP contribution in [0.4, 0.5) is 5.69 Å². The summed E-state index contributed by atoms with van der Waals surface area (Å²) in [6.45, 7) is 5.22. The molecule has 0 unspecified atom stereocenters. The lowest BCUT2D eigenvalue weighted by molar-refractivity contribution is -0.252. The molecule has 0 aromatic heterocycles. The average molecular weight is 509 g/mol. The lowest BCUT2D eigenvalue weighted by atomic mass is 9.99. The Labute approximate surface area is 213 Å². The summed E-state index contributed by atoms with van der Waals surface area (Å²) < 4.78 is 41.0. The van der Waals surface area contributed by atoms with E-state index in [0.717, 1.165) is 23.2 Å². The van der Waals surface area contributed by atoms with E-state index in [4.69, 9.17) is 9.47 Å². The number of anilines is 1. The van der Waals surface area contributed by atoms with E-state index in [-0.39, 0.29) is 23.7 Å². The molecule has 0 aliphatic carbocycles. The fourth-order valence-corrected chi connectivity index (χ4v) is 5.31. The van der Waals surface area contributed by atoms with E-state index in [0.29, 0.717) is 18.7 Å². The number of benzene rings is 3. The lowest BCUT2D eigenvalue weighted by Crippen LogP contribution is -2.37. The summed E-state index contributed by atoms with van der Waals surface area (Å²) in [6, 6.07) is 23.1. The zero-order valence-electron chi connectivity index (χ0n) is 20.3. The Morgan fingerprint density at radius 2 is 1.78 bits per heavy atom. The van der Waals surface area contributed by atoms with Crippen molar-refractivity contribution in [3.8, 4) is 0 Å².